The molecule has 2 aromatic rings. The number of hydrogen-bond acceptors (Lipinski definition) is 0. The van der Waals surface area contributed by atoms with E-state index >= 15 is 0 Å². The summed E-state index contributed by atoms with van der Waals surface area (Å²) in [4.78, 5) is 0. The fraction of sp³-hybridized carbons (Fsp3) is 0.567. The molecule has 31 heavy (non-hydrogen) atoms. The molecule has 0 nitrogen and oxygen atoms in total. The molecule has 0 saturated heterocycles. The molecular formula is C30H47P. The van der Waals surface area contributed by atoms with Crippen molar-refractivity contribution in [2.45, 2.75) is 112 Å². The van der Waals surface area contributed by atoms with Gasteiger partial charge in [0.15, 0.2) is 0 Å². The summed E-state index contributed by atoms with van der Waals surface area (Å²) in [5, 5.41) is 3.09. The Morgan fingerprint density at radius 1 is 0.516 bits per heavy atom. The van der Waals surface area contributed by atoms with Crippen LogP contribution in [0.1, 0.15) is 112 Å². The molecule has 0 aliphatic heterocycles. The zero-order chi connectivity index (χ0) is 24.0. The van der Waals surface area contributed by atoms with Crippen LogP contribution < -0.4 is 10.6 Å². The Balaban J connectivity index is 2.83. The van der Waals surface area contributed by atoms with Gasteiger partial charge in [-0.25, -0.2) is 0 Å². The van der Waals surface area contributed by atoms with E-state index in [0.717, 1.165) is 0 Å². The molecule has 0 aliphatic carbocycles. The van der Waals surface area contributed by atoms with Gasteiger partial charge in [0.1, 0.15) is 0 Å². The molecule has 0 unspecified atom stereocenters. The van der Waals surface area contributed by atoms with Crippen molar-refractivity contribution in [1.29, 1.82) is 0 Å². The van der Waals surface area contributed by atoms with E-state index < -0.39 is 7.55 Å². The van der Waals surface area contributed by atoms with Gasteiger partial charge in [0, 0.05) is 0 Å². The third-order valence-corrected chi connectivity index (χ3v) is 8.87. The predicted octanol–water partition coefficient (Wildman–Crippen LogP) is 7.86. The molecule has 0 fully saturated rings. The SMILES string of the molecule is CC=[PH](c1ccc(C(C)(C)C)cc1C(C)(C)C)c1ccc(C(C)(C)C)cc1C(C)(C)C. The molecule has 0 aliphatic rings. The third-order valence-electron chi connectivity index (χ3n) is 6.26. The van der Waals surface area contributed by atoms with Gasteiger partial charge < -0.3 is 0 Å². The monoisotopic (exact) mass is 438 g/mol. The molecule has 0 atom stereocenters. The van der Waals surface area contributed by atoms with Gasteiger partial charge in [-0.05, 0) is 61.4 Å². The van der Waals surface area contributed by atoms with Crippen LogP contribution in [0.3, 0.4) is 0 Å². The minimum absolute atomic E-state index is 0.114. The first-order valence-corrected chi connectivity index (χ1v) is 13.4. The number of hydrogen-bond donors (Lipinski definition) is 0. The second-order valence-corrected chi connectivity index (χ2v) is 15.7. The summed E-state index contributed by atoms with van der Waals surface area (Å²) in [5.74, 6) is 2.49. The van der Waals surface area contributed by atoms with Crippen molar-refractivity contribution in [3.8, 4) is 0 Å². The van der Waals surface area contributed by atoms with E-state index in [1.807, 2.05) is 0 Å². The summed E-state index contributed by atoms with van der Waals surface area (Å²) in [6, 6.07) is 14.6. The van der Waals surface area contributed by atoms with Crippen molar-refractivity contribution in [2.24, 2.45) is 0 Å². The maximum Gasteiger partial charge on any atom is -0.0125 e. The summed E-state index contributed by atoms with van der Waals surface area (Å²) in [6.07, 6.45) is 0. The molecule has 0 bridgehead atoms. The van der Waals surface area contributed by atoms with Crippen molar-refractivity contribution >= 4 is 24.0 Å². The lowest BCUT2D eigenvalue weighted by Gasteiger charge is -2.32. The summed E-state index contributed by atoms with van der Waals surface area (Å²) in [5.41, 5.74) is 6.42. The molecule has 0 saturated carbocycles. The molecule has 172 valence electrons. The van der Waals surface area contributed by atoms with E-state index in [2.05, 4.69) is 132 Å². The van der Waals surface area contributed by atoms with Gasteiger partial charge in [-0.3, -0.25) is 0 Å². The molecule has 2 aromatic carbocycles. The van der Waals surface area contributed by atoms with E-state index in [0.29, 0.717) is 0 Å². The average Bonchev–Trinajstić information content (AvgIpc) is 2.59. The molecule has 0 radical (unpaired) electrons. The van der Waals surface area contributed by atoms with Gasteiger partial charge in [0.25, 0.3) is 0 Å². The van der Waals surface area contributed by atoms with Gasteiger partial charge in [-0.2, -0.15) is 0 Å². The highest BCUT2D eigenvalue weighted by Crippen LogP contribution is 2.37. The normalized spacial score (nSPS) is 13.6. The highest BCUT2D eigenvalue weighted by Gasteiger charge is 2.27. The van der Waals surface area contributed by atoms with Gasteiger partial charge in [0.2, 0.25) is 0 Å². The fourth-order valence-corrected chi connectivity index (χ4v) is 7.10. The van der Waals surface area contributed by atoms with Gasteiger partial charge in [-0.15, -0.1) is 0 Å². The van der Waals surface area contributed by atoms with Crippen molar-refractivity contribution in [2.75, 3.05) is 0 Å². The summed E-state index contributed by atoms with van der Waals surface area (Å²) < 4.78 is 0. The zero-order valence-corrected chi connectivity index (χ0v) is 23.5. The maximum absolute atomic E-state index is 2.49. The van der Waals surface area contributed by atoms with Gasteiger partial charge in [-0.1, -0.05) is 133 Å². The quantitative estimate of drug-likeness (QED) is 0.419. The van der Waals surface area contributed by atoms with E-state index in [9.17, 15) is 0 Å². The number of benzene rings is 2. The Labute approximate surface area is 194 Å². The minimum Gasteiger partial charge on any atom is -0.0840 e. The Hall–Kier alpha value is -1.26. The van der Waals surface area contributed by atoms with Crippen molar-refractivity contribution in [3.63, 3.8) is 0 Å². The Kier molecular flexibility index (Phi) is 7.20. The first kappa shape index (κ1) is 26.0. The van der Waals surface area contributed by atoms with Gasteiger partial charge >= 0.3 is 0 Å². The van der Waals surface area contributed by atoms with Crippen LogP contribution in [0.5, 0.6) is 0 Å². The molecule has 0 amide bonds. The van der Waals surface area contributed by atoms with Crippen LogP contribution in [-0.4, -0.2) is 5.80 Å². The van der Waals surface area contributed by atoms with Crippen molar-refractivity contribution in [3.05, 3.63) is 58.7 Å². The molecule has 0 N–H and O–H groups in total. The second-order valence-electron chi connectivity index (χ2n) is 13.2. The van der Waals surface area contributed by atoms with Crippen LogP contribution >= 0.6 is 7.55 Å². The molecule has 0 heterocycles. The summed E-state index contributed by atoms with van der Waals surface area (Å²) >= 11 is 0. The average molecular weight is 439 g/mol. The lowest BCUT2D eigenvalue weighted by molar-refractivity contribution is 0.571. The Morgan fingerprint density at radius 3 is 1.06 bits per heavy atom. The zero-order valence-electron chi connectivity index (χ0n) is 22.5. The van der Waals surface area contributed by atoms with Crippen LogP contribution in [0, 0.1) is 0 Å². The largest absolute Gasteiger partial charge is 0.0840 e. The lowest BCUT2D eigenvalue weighted by Crippen LogP contribution is -2.29. The van der Waals surface area contributed by atoms with E-state index in [1.54, 1.807) is 10.6 Å². The Bertz CT molecular complexity index is 884. The molecule has 1 heteroatoms. The van der Waals surface area contributed by atoms with Crippen LogP contribution in [-0.2, 0) is 21.7 Å². The first-order valence-electron chi connectivity index (χ1n) is 11.8. The highest BCUT2D eigenvalue weighted by molar-refractivity contribution is 7.72. The second kappa shape index (κ2) is 8.59. The van der Waals surface area contributed by atoms with E-state index in [-0.39, 0.29) is 21.7 Å². The predicted molar refractivity (Wildman–Crippen MR) is 147 cm³/mol. The Morgan fingerprint density at radius 2 is 0.839 bits per heavy atom. The van der Waals surface area contributed by atoms with Crippen molar-refractivity contribution < 1.29 is 0 Å². The highest BCUT2D eigenvalue weighted by atomic mass is 31.1. The lowest BCUT2D eigenvalue weighted by atomic mass is 9.80. The molecule has 0 aromatic heterocycles. The van der Waals surface area contributed by atoms with E-state index in [1.165, 1.54) is 22.3 Å². The molecule has 0 spiro atoms. The van der Waals surface area contributed by atoms with Crippen LogP contribution in [0.2, 0.25) is 0 Å². The minimum atomic E-state index is -1.01. The van der Waals surface area contributed by atoms with Crippen LogP contribution in [0.15, 0.2) is 36.4 Å². The maximum atomic E-state index is 2.49. The topological polar surface area (TPSA) is 0 Å². The summed E-state index contributed by atoms with van der Waals surface area (Å²) in [6.45, 7) is 30.3. The fourth-order valence-electron chi connectivity index (χ4n) is 4.19. The smallest absolute Gasteiger partial charge is 0.0125 e. The number of rotatable bonds is 2. The van der Waals surface area contributed by atoms with Crippen LogP contribution in [0.25, 0.3) is 0 Å². The standard InChI is InChI=1S/C30H47P/c1-14-31(25-17-15-21(27(2,3)4)19-23(25)29(8,9)10)26-18-16-22(28(5,6)7)20-24(26)30(11,12)13/h14-20,31H,1-13H3. The van der Waals surface area contributed by atoms with E-state index in [4.69, 9.17) is 0 Å². The van der Waals surface area contributed by atoms with Crippen molar-refractivity contribution in [1.82, 2.24) is 0 Å². The van der Waals surface area contributed by atoms with Gasteiger partial charge in [0.05, 0.1) is 0 Å². The summed E-state index contributed by atoms with van der Waals surface area (Å²) in [7, 11) is -1.01. The first-order chi connectivity index (χ1) is 13.9. The molecule has 2 rings (SSSR count). The third kappa shape index (κ3) is 5.96. The molecular weight excluding hydrogens is 391 g/mol. The van der Waals surface area contributed by atoms with Crippen LogP contribution in [0.4, 0.5) is 0 Å².